The van der Waals surface area contributed by atoms with Gasteiger partial charge in [-0.05, 0) is 36.6 Å². The van der Waals surface area contributed by atoms with Gasteiger partial charge in [0.25, 0.3) is 5.91 Å². The first kappa shape index (κ1) is 11.7. The minimum atomic E-state index is -0.125. The molecule has 0 unspecified atom stereocenters. The van der Waals surface area contributed by atoms with E-state index in [4.69, 9.17) is 4.74 Å². The Bertz CT molecular complexity index is 595. The molecule has 0 saturated heterocycles. The molecule has 1 aromatic carbocycles. The Kier molecular flexibility index (Phi) is 2.91. The van der Waals surface area contributed by atoms with Gasteiger partial charge in [-0.25, -0.2) is 0 Å². The van der Waals surface area contributed by atoms with Crippen molar-refractivity contribution in [2.75, 3.05) is 18.6 Å². The van der Waals surface area contributed by atoms with Crippen LogP contribution in [0.4, 0.5) is 5.69 Å². The summed E-state index contributed by atoms with van der Waals surface area (Å²) in [5.74, 6) is 0.689. The van der Waals surface area contributed by atoms with Crippen LogP contribution in [-0.4, -0.2) is 35.0 Å². The summed E-state index contributed by atoms with van der Waals surface area (Å²) < 4.78 is 5.22. The van der Waals surface area contributed by atoms with Gasteiger partial charge in [0.2, 0.25) is 0 Å². The fourth-order valence-electron chi connectivity index (χ4n) is 2.35. The second-order valence-electron chi connectivity index (χ2n) is 4.41. The molecule has 6 nitrogen and oxygen atoms in total. The van der Waals surface area contributed by atoms with Gasteiger partial charge in [0, 0.05) is 12.2 Å². The molecule has 1 aliphatic rings. The molecule has 0 atom stereocenters. The molecule has 0 aliphatic carbocycles. The van der Waals surface area contributed by atoms with Crippen molar-refractivity contribution in [3.63, 3.8) is 0 Å². The lowest BCUT2D eigenvalue weighted by molar-refractivity contribution is 0.0980. The zero-order valence-electron chi connectivity index (χ0n) is 10.6. The molecule has 0 bridgehead atoms. The predicted molar refractivity (Wildman–Crippen MR) is 69.4 cm³/mol. The highest BCUT2D eigenvalue weighted by atomic mass is 16.5. The summed E-state index contributed by atoms with van der Waals surface area (Å²) in [5.41, 5.74) is 2.39. The summed E-state index contributed by atoms with van der Waals surface area (Å²) in [6.07, 6.45) is 3.33. The lowest BCUT2D eigenvalue weighted by Crippen LogP contribution is -2.35. The average molecular weight is 258 g/mol. The molecule has 19 heavy (non-hydrogen) atoms. The van der Waals surface area contributed by atoms with Crippen LogP contribution in [0.15, 0.2) is 24.4 Å². The molecule has 0 spiro atoms. The number of aromatic amines is 1. The van der Waals surface area contributed by atoms with Crippen LogP contribution in [0.5, 0.6) is 5.75 Å². The number of hydrogen-bond acceptors (Lipinski definition) is 4. The van der Waals surface area contributed by atoms with Crippen LogP contribution < -0.4 is 9.64 Å². The number of H-pyrrole nitrogens is 1. The number of carbonyl (C=O) groups is 1. The monoisotopic (exact) mass is 258 g/mol. The van der Waals surface area contributed by atoms with Gasteiger partial charge in [0.05, 0.1) is 13.3 Å². The van der Waals surface area contributed by atoms with Crippen LogP contribution in [0.1, 0.15) is 22.5 Å². The van der Waals surface area contributed by atoms with Gasteiger partial charge in [-0.1, -0.05) is 0 Å². The Hall–Kier alpha value is -2.37. The van der Waals surface area contributed by atoms with Crippen LogP contribution in [0.25, 0.3) is 0 Å². The van der Waals surface area contributed by atoms with E-state index in [-0.39, 0.29) is 5.91 Å². The molecule has 6 heteroatoms. The van der Waals surface area contributed by atoms with Gasteiger partial charge in [0.15, 0.2) is 5.69 Å². The third-order valence-electron chi connectivity index (χ3n) is 3.28. The number of aryl methyl sites for hydroxylation is 1. The van der Waals surface area contributed by atoms with Crippen molar-refractivity contribution in [1.29, 1.82) is 0 Å². The number of fused-ring (bicyclic) bond motifs is 1. The SMILES string of the molecule is COc1ccc2c(c1)CCCN2C(=O)c1cn[nH]n1. The summed E-state index contributed by atoms with van der Waals surface area (Å²) in [4.78, 5) is 14.1. The topological polar surface area (TPSA) is 71.1 Å². The molecule has 2 aromatic rings. The first-order valence-corrected chi connectivity index (χ1v) is 6.14. The number of hydrogen-bond donors (Lipinski definition) is 1. The largest absolute Gasteiger partial charge is 0.497 e. The highest BCUT2D eigenvalue weighted by Crippen LogP contribution is 2.31. The summed E-state index contributed by atoms with van der Waals surface area (Å²) in [6.45, 7) is 0.699. The lowest BCUT2D eigenvalue weighted by Gasteiger charge is -2.29. The van der Waals surface area contributed by atoms with E-state index in [1.807, 2.05) is 18.2 Å². The normalized spacial score (nSPS) is 14.1. The Morgan fingerprint density at radius 3 is 3.11 bits per heavy atom. The van der Waals surface area contributed by atoms with Gasteiger partial charge in [-0.3, -0.25) is 4.79 Å². The lowest BCUT2D eigenvalue weighted by atomic mass is 10.0. The second kappa shape index (κ2) is 4.72. The molecule has 0 saturated carbocycles. The molecule has 1 N–H and O–H groups in total. The molecule has 1 aliphatic heterocycles. The number of benzene rings is 1. The van der Waals surface area contributed by atoms with E-state index in [0.717, 1.165) is 29.8 Å². The first-order valence-electron chi connectivity index (χ1n) is 6.14. The van der Waals surface area contributed by atoms with Crippen LogP contribution in [-0.2, 0) is 6.42 Å². The minimum Gasteiger partial charge on any atom is -0.497 e. The van der Waals surface area contributed by atoms with E-state index in [1.165, 1.54) is 6.20 Å². The Labute approximate surface area is 110 Å². The van der Waals surface area contributed by atoms with Crippen LogP contribution in [0.3, 0.4) is 0 Å². The van der Waals surface area contributed by atoms with Crippen molar-refractivity contribution in [2.24, 2.45) is 0 Å². The second-order valence-corrected chi connectivity index (χ2v) is 4.41. The zero-order chi connectivity index (χ0) is 13.2. The summed E-state index contributed by atoms with van der Waals surface area (Å²) >= 11 is 0. The van der Waals surface area contributed by atoms with Gasteiger partial charge < -0.3 is 9.64 Å². The number of ether oxygens (including phenoxy) is 1. The quantitative estimate of drug-likeness (QED) is 0.884. The number of nitrogens with one attached hydrogen (secondary N) is 1. The third-order valence-corrected chi connectivity index (χ3v) is 3.28. The molecule has 2 heterocycles. The van der Waals surface area contributed by atoms with Gasteiger partial charge >= 0.3 is 0 Å². The minimum absolute atomic E-state index is 0.125. The van der Waals surface area contributed by atoms with E-state index in [1.54, 1.807) is 12.0 Å². The van der Waals surface area contributed by atoms with Gasteiger partial charge in [-0.15, -0.1) is 0 Å². The fourth-order valence-corrected chi connectivity index (χ4v) is 2.35. The van der Waals surface area contributed by atoms with E-state index < -0.39 is 0 Å². The number of anilines is 1. The molecule has 0 radical (unpaired) electrons. The summed E-state index contributed by atoms with van der Waals surface area (Å²) in [5, 5.41) is 9.99. The van der Waals surface area contributed by atoms with Crippen LogP contribution in [0, 0.1) is 0 Å². The Balaban J connectivity index is 1.96. The summed E-state index contributed by atoms with van der Waals surface area (Å²) in [7, 11) is 1.64. The maximum atomic E-state index is 12.4. The highest BCUT2D eigenvalue weighted by molar-refractivity contribution is 6.05. The van der Waals surface area contributed by atoms with Crippen molar-refractivity contribution in [3.05, 3.63) is 35.7 Å². The number of carbonyl (C=O) groups excluding carboxylic acids is 1. The summed E-state index contributed by atoms with van der Waals surface area (Å²) in [6, 6.07) is 5.77. The molecule has 0 fully saturated rings. The van der Waals surface area contributed by atoms with Gasteiger partial charge in [-0.2, -0.15) is 15.4 Å². The molecule has 1 amide bonds. The van der Waals surface area contributed by atoms with Crippen molar-refractivity contribution in [3.8, 4) is 5.75 Å². The molecular weight excluding hydrogens is 244 g/mol. The standard InChI is InChI=1S/C13H14N4O2/c1-19-10-4-5-12-9(7-10)3-2-6-17(12)13(18)11-8-14-16-15-11/h4-5,7-8H,2-3,6H2,1H3,(H,14,15,16). The van der Waals surface area contributed by atoms with Gasteiger partial charge in [0.1, 0.15) is 5.75 Å². The first-order chi connectivity index (χ1) is 9.29. The number of rotatable bonds is 2. The van der Waals surface area contributed by atoms with Crippen molar-refractivity contribution >= 4 is 11.6 Å². The predicted octanol–water partition coefficient (Wildman–Crippen LogP) is 1.41. The highest BCUT2D eigenvalue weighted by Gasteiger charge is 2.25. The Morgan fingerprint density at radius 2 is 2.37 bits per heavy atom. The van der Waals surface area contributed by atoms with E-state index in [9.17, 15) is 4.79 Å². The number of methoxy groups -OCH3 is 1. The third kappa shape index (κ3) is 2.05. The molecule has 1 aromatic heterocycles. The van der Waals surface area contributed by atoms with Crippen molar-refractivity contribution in [1.82, 2.24) is 15.4 Å². The van der Waals surface area contributed by atoms with E-state index >= 15 is 0 Å². The Morgan fingerprint density at radius 1 is 1.47 bits per heavy atom. The van der Waals surface area contributed by atoms with Crippen molar-refractivity contribution in [2.45, 2.75) is 12.8 Å². The van der Waals surface area contributed by atoms with E-state index in [2.05, 4.69) is 15.4 Å². The van der Waals surface area contributed by atoms with Crippen LogP contribution in [0.2, 0.25) is 0 Å². The molecule has 3 rings (SSSR count). The van der Waals surface area contributed by atoms with E-state index in [0.29, 0.717) is 12.2 Å². The number of aromatic nitrogens is 3. The number of amides is 1. The molecule has 98 valence electrons. The number of nitrogens with zero attached hydrogens (tertiary/aromatic N) is 3. The zero-order valence-corrected chi connectivity index (χ0v) is 10.6. The maximum absolute atomic E-state index is 12.4. The van der Waals surface area contributed by atoms with Crippen LogP contribution >= 0.6 is 0 Å². The fraction of sp³-hybridized carbons (Fsp3) is 0.308. The van der Waals surface area contributed by atoms with Crippen molar-refractivity contribution < 1.29 is 9.53 Å². The maximum Gasteiger partial charge on any atom is 0.280 e. The molecular formula is C13H14N4O2. The smallest absolute Gasteiger partial charge is 0.280 e. The average Bonchev–Trinajstić information content (AvgIpc) is 2.99.